The Kier molecular flexibility index (Phi) is 5.71. The van der Waals surface area contributed by atoms with E-state index in [9.17, 15) is 14.4 Å². The highest BCUT2D eigenvalue weighted by Gasteiger charge is 2.37. The molecule has 172 valence electrons. The number of carbonyl (C=O) groups is 3. The van der Waals surface area contributed by atoms with Crippen LogP contribution in [0.3, 0.4) is 0 Å². The molecule has 3 aromatic carbocycles. The first-order chi connectivity index (χ1) is 16.9. The summed E-state index contributed by atoms with van der Waals surface area (Å²) in [5.41, 5.74) is 6.11. The molecule has 2 heterocycles. The van der Waals surface area contributed by atoms with Gasteiger partial charge in [-0.2, -0.15) is 0 Å². The number of rotatable bonds is 5. The number of hydrogen-bond acceptors (Lipinski definition) is 4. The topological polar surface area (TPSA) is 79.4 Å². The molecule has 3 amide bonds. The van der Waals surface area contributed by atoms with E-state index >= 15 is 0 Å². The fraction of sp³-hybridized carbons (Fsp3) is 0.103. The zero-order valence-electron chi connectivity index (χ0n) is 19.4. The van der Waals surface area contributed by atoms with E-state index in [4.69, 9.17) is 0 Å². The molecule has 6 heteroatoms. The SMILES string of the molecule is Cc1ccc(C)c(N2C(=O)c3ccc(C(=O)Nc4ccc(Cc5ccncc5)cc4)cc3C2=O)c1. The molecule has 1 aliphatic rings. The van der Waals surface area contributed by atoms with Crippen molar-refractivity contribution in [2.24, 2.45) is 0 Å². The maximum atomic E-state index is 13.2. The summed E-state index contributed by atoms with van der Waals surface area (Å²) in [7, 11) is 0. The van der Waals surface area contributed by atoms with E-state index in [0.717, 1.165) is 28.7 Å². The highest BCUT2D eigenvalue weighted by atomic mass is 16.2. The van der Waals surface area contributed by atoms with Crippen molar-refractivity contribution in [2.45, 2.75) is 20.3 Å². The number of fused-ring (bicyclic) bond motifs is 1. The summed E-state index contributed by atoms with van der Waals surface area (Å²) in [5.74, 6) is -1.15. The molecule has 0 unspecified atom stereocenters. The van der Waals surface area contributed by atoms with Crippen LogP contribution in [-0.4, -0.2) is 22.7 Å². The molecule has 0 saturated heterocycles. The van der Waals surface area contributed by atoms with Gasteiger partial charge in [-0.15, -0.1) is 0 Å². The summed E-state index contributed by atoms with van der Waals surface area (Å²) in [6.07, 6.45) is 4.30. The highest BCUT2D eigenvalue weighted by Crippen LogP contribution is 2.32. The molecule has 0 aliphatic carbocycles. The minimum absolute atomic E-state index is 0.233. The van der Waals surface area contributed by atoms with Crippen LogP contribution < -0.4 is 10.2 Å². The average molecular weight is 462 g/mol. The first-order valence-corrected chi connectivity index (χ1v) is 11.3. The molecular weight excluding hydrogens is 438 g/mol. The van der Waals surface area contributed by atoms with Crippen LogP contribution >= 0.6 is 0 Å². The lowest BCUT2D eigenvalue weighted by Crippen LogP contribution is -2.30. The lowest BCUT2D eigenvalue weighted by Gasteiger charge is -2.17. The van der Waals surface area contributed by atoms with Gasteiger partial charge in [-0.25, -0.2) is 4.90 Å². The van der Waals surface area contributed by atoms with Crippen LogP contribution in [0.15, 0.2) is 85.2 Å². The van der Waals surface area contributed by atoms with Gasteiger partial charge in [0.25, 0.3) is 17.7 Å². The highest BCUT2D eigenvalue weighted by molar-refractivity contribution is 6.35. The molecule has 1 aliphatic heterocycles. The van der Waals surface area contributed by atoms with Crippen molar-refractivity contribution >= 4 is 29.1 Å². The standard InChI is InChI=1S/C29H23N3O3/c1-18-3-4-19(2)26(15-18)32-28(34)24-10-7-22(17-25(24)29(32)35)27(33)31-23-8-5-20(6-9-23)16-21-11-13-30-14-12-21/h3-15,17H,16H2,1-2H3,(H,31,33). The molecule has 0 saturated carbocycles. The number of anilines is 2. The second-order valence-electron chi connectivity index (χ2n) is 8.68. The third kappa shape index (κ3) is 4.34. The Morgan fingerprint density at radius 3 is 2.23 bits per heavy atom. The lowest BCUT2D eigenvalue weighted by atomic mass is 10.0. The predicted molar refractivity (Wildman–Crippen MR) is 135 cm³/mol. The summed E-state index contributed by atoms with van der Waals surface area (Å²) in [5, 5.41) is 2.87. The number of aromatic nitrogens is 1. The van der Waals surface area contributed by atoms with Crippen LogP contribution in [0.25, 0.3) is 0 Å². The number of nitrogens with zero attached hydrogens (tertiary/aromatic N) is 2. The van der Waals surface area contributed by atoms with Gasteiger partial charge in [0.15, 0.2) is 0 Å². The smallest absolute Gasteiger partial charge is 0.266 e. The van der Waals surface area contributed by atoms with Gasteiger partial charge in [0.2, 0.25) is 0 Å². The molecule has 6 nitrogen and oxygen atoms in total. The van der Waals surface area contributed by atoms with Crippen molar-refractivity contribution in [1.82, 2.24) is 4.98 Å². The Balaban J connectivity index is 1.33. The Hall–Kier alpha value is -4.58. The molecule has 0 atom stereocenters. The molecule has 0 spiro atoms. The summed E-state index contributed by atoms with van der Waals surface area (Å²) in [6, 6.07) is 21.8. The number of amides is 3. The molecule has 1 aromatic heterocycles. The van der Waals surface area contributed by atoms with E-state index in [2.05, 4.69) is 10.3 Å². The molecule has 4 aromatic rings. The van der Waals surface area contributed by atoms with E-state index in [1.165, 1.54) is 11.0 Å². The van der Waals surface area contributed by atoms with Gasteiger partial charge in [-0.1, -0.05) is 24.3 Å². The van der Waals surface area contributed by atoms with Crippen molar-refractivity contribution in [2.75, 3.05) is 10.2 Å². The number of imide groups is 1. The molecular formula is C29H23N3O3. The second kappa shape index (κ2) is 8.99. The maximum absolute atomic E-state index is 13.2. The largest absolute Gasteiger partial charge is 0.322 e. The van der Waals surface area contributed by atoms with Crippen molar-refractivity contribution in [3.05, 3.63) is 124 Å². The predicted octanol–water partition coefficient (Wildman–Crippen LogP) is 5.34. The third-order valence-electron chi connectivity index (χ3n) is 6.12. The Morgan fingerprint density at radius 2 is 1.49 bits per heavy atom. The van der Waals surface area contributed by atoms with E-state index < -0.39 is 5.91 Å². The summed E-state index contributed by atoms with van der Waals surface area (Å²) >= 11 is 0. The average Bonchev–Trinajstić information content (AvgIpc) is 3.11. The van der Waals surface area contributed by atoms with E-state index in [1.54, 1.807) is 24.5 Å². The van der Waals surface area contributed by atoms with Crippen molar-refractivity contribution in [3.8, 4) is 0 Å². The Morgan fingerprint density at radius 1 is 0.800 bits per heavy atom. The number of hydrogen-bond donors (Lipinski definition) is 1. The van der Waals surface area contributed by atoms with Crippen molar-refractivity contribution in [3.63, 3.8) is 0 Å². The lowest BCUT2D eigenvalue weighted by molar-refractivity contribution is 0.0925. The number of carbonyl (C=O) groups excluding carboxylic acids is 3. The second-order valence-corrected chi connectivity index (χ2v) is 8.68. The zero-order chi connectivity index (χ0) is 24.5. The van der Waals surface area contributed by atoms with E-state index in [0.29, 0.717) is 22.5 Å². The van der Waals surface area contributed by atoms with Gasteiger partial charge in [-0.05, 0) is 91.1 Å². The third-order valence-corrected chi connectivity index (χ3v) is 6.12. The summed E-state index contributed by atoms with van der Waals surface area (Å²) in [4.78, 5) is 44.3. The number of aryl methyl sites for hydroxylation is 2. The minimum atomic E-state index is -0.422. The monoisotopic (exact) mass is 461 g/mol. The van der Waals surface area contributed by atoms with Crippen LogP contribution in [0.5, 0.6) is 0 Å². The van der Waals surface area contributed by atoms with E-state index in [-0.39, 0.29) is 17.4 Å². The molecule has 0 bridgehead atoms. The molecule has 5 rings (SSSR count). The molecule has 0 fully saturated rings. The fourth-order valence-corrected chi connectivity index (χ4v) is 4.21. The van der Waals surface area contributed by atoms with Crippen LogP contribution in [0, 0.1) is 13.8 Å². The van der Waals surface area contributed by atoms with Gasteiger partial charge in [0.1, 0.15) is 0 Å². The normalized spacial score (nSPS) is 12.6. The summed E-state index contributed by atoms with van der Waals surface area (Å²) < 4.78 is 0. The van der Waals surface area contributed by atoms with Crippen LogP contribution in [0.1, 0.15) is 53.3 Å². The first kappa shape index (κ1) is 22.2. The number of benzene rings is 3. The number of pyridine rings is 1. The van der Waals surface area contributed by atoms with Crippen molar-refractivity contribution in [1.29, 1.82) is 0 Å². The molecule has 0 radical (unpaired) electrons. The molecule has 35 heavy (non-hydrogen) atoms. The quantitative estimate of drug-likeness (QED) is 0.407. The van der Waals surface area contributed by atoms with Crippen LogP contribution in [-0.2, 0) is 6.42 Å². The Labute approximate surface area is 203 Å². The number of nitrogens with one attached hydrogen (secondary N) is 1. The van der Waals surface area contributed by atoms with Crippen LogP contribution in [0.2, 0.25) is 0 Å². The zero-order valence-corrected chi connectivity index (χ0v) is 19.4. The van der Waals surface area contributed by atoms with Gasteiger partial charge >= 0.3 is 0 Å². The van der Waals surface area contributed by atoms with Gasteiger partial charge in [0, 0.05) is 23.6 Å². The fourth-order valence-electron chi connectivity index (χ4n) is 4.21. The van der Waals surface area contributed by atoms with Gasteiger partial charge in [0.05, 0.1) is 16.8 Å². The van der Waals surface area contributed by atoms with Gasteiger partial charge in [-0.3, -0.25) is 19.4 Å². The van der Waals surface area contributed by atoms with Gasteiger partial charge < -0.3 is 5.32 Å². The Bertz CT molecular complexity index is 1460. The van der Waals surface area contributed by atoms with Crippen LogP contribution in [0.4, 0.5) is 11.4 Å². The van der Waals surface area contributed by atoms with Crippen molar-refractivity contribution < 1.29 is 14.4 Å². The maximum Gasteiger partial charge on any atom is 0.266 e. The summed E-state index contributed by atoms with van der Waals surface area (Å²) in [6.45, 7) is 3.77. The molecule has 1 N–H and O–H groups in total. The first-order valence-electron chi connectivity index (χ1n) is 11.3. The minimum Gasteiger partial charge on any atom is -0.322 e. The van der Waals surface area contributed by atoms with E-state index in [1.807, 2.05) is 68.4 Å².